The Balaban J connectivity index is 1.83. The molecule has 0 aliphatic carbocycles. The van der Waals surface area contributed by atoms with Gasteiger partial charge < -0.3 is 14.4 Å². The second-order valence-electron chi connectivity index (χ2n) is 6.88. The van der Waals surface area contributed by atoms with E-state index in [2.05, 4.69) is 56.9 Å². The van der Waals surface area contributed by atoms with Crippen LogP contribution in [-0.4, -0.2) is 24.3 Å². The molecule has 1 aromatic rings. The van der Waals surface area contributed by atoms with E-state index >= 15 is 0 Å². The number of benzene rings is 1. The van der Waals surface area contributed by atoms with E-state index < -0.39 is 0 Å². The highest BCUT2D eigenvalue weighted by atomic mass is 16.7. The molecule has 3 rings (SSSR count). The van der Waals surface area contributed by atoms with Crippen molar-refractivity contribution in [1.82, 2.24) is 0 Å². The van der Waals surface area contributed by atoms with Crippen LogP contribution in [0.25, 0.3) is 0 Å². The van der Waals surface area contributed by atoms with Crippen LogP contribution >= 0.6 is 0 Å². The summed E-state index contributed by atoms with van der Waals surface area (Å²) < 4.78 is 12.3. The van der Waals surface area contributed by atoms with Gasteiger partial charge in [0.2, 0.25) is 0 Å². The Bertz CT molecular complexity index is 474. The molecule has 3 nitrogen and oxygen atoms in total. The Morgan fingerprint density at radius 2 is 1.60 bits per heavy atom. The Labute approximate surface area is 121 Å². The van der Waals surface area contributed by atoms with Crippen LogP contribution in [0, 0.1) is 0 Å². The molecule has 0 spiro atoms. The van der Waals surface area contributed by atoms with Gasteiger partial charge in [0.05, 0.1) is 11.2 Å². The zero-order valence-electron chi connectivity index (χ0n) is 13.0. The summed E-state index contributed by atoms with van der Waals surface area (Å²) in [7, 11) is 0. The first-order valence-corrected chi connectivity index (χ1v) is 7.60. The fourth-order valence-electron chi connectivity index (χ4n) is 2.82. The van der Waals surface area contributed by atoms with Crippen LogP contribution < -0.4 is 4.90 Å². The molecule has 0 radical (unpaired) electrons. The van der Waals surface area contributed by atoms with Crippen LogP contribution in [0.3, 0.4) is 0 Å². The van der Waals surface area contributed by atoms with E-state index in [4.69, 9.17) is 9.47 Å². The average molecular weight is 275 g/mol. The van der Waals surface area contributed by atoms with E-state index in [-0.39, 0.29) is 17.5 Å². The minimum Gasteiger partial charge on any atom is -0.372 e. The third-order valence-corrected chi connectivity index (χ3v) is 4.87. The molecule has 1 aromatic carbocycles. The number of hydrogen-bond donors (Lipinski definition) is 0. The smallest absolute Gasteiger partial charge is 0.185 e. The van der Waals surface area contributed by atoms with Gasteiger partial charge >= 0.3 is 0 Å². The van der Waals surface area contributed by atoms with Crippen molar-refractivity contribution in [2.75, 3.05) is 18.0 Å². The van der Waals surface area contributed by atoms with Crippen molar-refractivity contribution in [2.45, 2.75) is 58.0 Å². The highest BCUT2D eigenvalue weighted by Gasteiger charge is 2.49. The summed E-state index contributed by atoms with van der Waals surface area (Å²) >= 11 is 0. The van der Waals surface area contributed by atoms with Gasteiger partial charge in [0, 0.05) is 24.3 Å². The van der Waals surface area contributed by atoms with Crippen molar-refractivity contribution in [1.29, 1.82) is 0 Å². The number of rotatable bonds is 2. The molecule has 0 N–H and O–H groups in total. The predicted molar refractivity (Wildman–Crippen MR) is 81.0 cm³/mol. The van der Waals surface area contributed by atoms with E-state index in [1.165, 1.54) is 18.5 Å². The molecule has 0 atom stereocenters. The highest BCUT2D eigenvalue weighted by Crippen LogP contribution is 2.45. The first-order chi connectivity index (χ1) is 9.39. The number of hydrogen-bond acceptors (Lipinski definition) is 3. The van der Waals surface area contributed by atoms with Crippen molar-refractivity contribution < 1.29 is 9.47 Å². The van der Waals surface area contributed by atoms with Crippen molar-refractivity contribution in [3.05, 3.63) is 29.8 Å². The van der Waals surface area contributed by atoms with Crippen molar-refractivity contribution in [2.24, 2.45) is 0 Å². The van der Waals surface area contributed by atoms with Crippen molar-refractivity contribution in [3.63, 3.8) is 0 Å². The summed E-state index contributed by atoms with van der Waals surface area (Å²) in [6.45, 7) is 10.7. The summed E-state index contributed by atoms with van der Waals surface area (Å²) in [5.74, 6) is 0. The van der Waals surface area contributed by atoms with Gasteiger partial charge in [0.25, 0.3) is 0 Å². The summed E-state index contributed by atoms with van der Waals surface area (Å²) in [6.07, 6.45) is 2.32. The van der Waals surface area contributed by atoms with Crippen molar-refractivity contribution >= 4 is 5.69 Å². The number of nitrogens with zero attached hydrogens (tertiary/aromatic N) is 1. The van der Waals surface area contributed by atoms with E-state index in [1.807, 2.05) is 0 Å². The van der Waals surface area contributed by atoms with Gasteiger partial charge in [0.1, 0.15) is 0 Å². The van der Waals surface area contributed by atoms with Gasteiger partial charge in [-0.15, -0.1) is 0 Å². The van der Waals surface area contributed by atoms with Gasteiger partial charge in [-0.3, -0.25) is 0 Å². The fourth-order valence-corrected chi connectivity index (χ4v) is 2.82. The lowest BCUT2D eigenvalue weighted by molar-refractivity contribution is -0.0895. The largest absolute Gasteiger partial charge is 0.372 e. The van der Waals surface area contributed by atoms with Crippen molar-refractivity contribution in [3.8, 4) is 0 Å². The predicted octanol–water partition coefficient (Wildman–Crippen LogP) is 3.89. The standard InChI is InChI=1S/C17H25NO2/c1-16(2)17(3,4)20-15(19-16)13-8-7-9-14(12-13)18-10-5-6-11-18/h7-9,12,15H,5-6,10-11H2,1-4H3. The maximum Gasteiger partial charge on any atom is 0.185 e. The lowest BCUT2D eigenvalue weighted by atomic mass is 9.90. The van der Waals surface area contributed by atoms with E-state index in [1.54, 1.807) is 0 Å². The Kier molecular flexibility index (Phi) is 3.30. The molecule has 2 aliphatic rings. The third-order valence-electron chi connectivity index (χ3n) is 4.87. The normalized spacial score (nSPS) is 25.3. The van der Waals surface area contributed by atoms with Gasteiger partial charge in [0.15, 0.2) is 6.29 Å². The molecule has 0 aromatic heterocycles. The van der Waals surface area contributed by atoms with Gasteiger partial charge in [-0.2, -0.15) is 0 Å². The van der Waals surface area contributed by atoms with Gasteiger partial charge in [-0.1, -0.05) is 12.1 Å². The molecule has 20 heavy (non-hydrogen) atoms. The monoisotopic (exact) mass is 275 g/mol. The molecular weight excluding hydrogens is 250 g/mol. The maximum absolute atomic E-state index is 6.13. The molecule has 110 valence electrons. The SMILES string of the molecule is CC1(C)OC(c2cccc(N3CCCC3)c2)OC1(C)C. The van der Waals surface area contributed by atoms with E-state index in [9.17, 15) is 0 Å². The minimum absolute atomic E-state index is 0.262. The second-order valence-corrected chi connectivity index (χ2v) is 6.88. The lowest BCUT2D eigenvalue weighted by Crippen LogP contribution is -2.41. The fraction of sp³-hybridized carbons (Fsp3) is 0.647. The molecule has 2 heterocycles. The Hall–Kier alpha value is -1.06. The first-order valence-electron chi connectivity index (χ1n) is 7.60. The summed E-state index contributed by atoms with van der Waals surface area (Å²) in [4.78, 5) is 2.44. The quantitative estimate of drug-likeness (QED) is 0.817. The van der Waals surface area contributed by atoms with E-state index in [0.29, 0.717) is 0 Å². The maximum atomic E-state index is 6.13. The molecule has 0 bridgehead atoms. The zero-order chi connectivity index (χ0) is 14.4. The minimum atomic E-state index is -0.276. The van der Waals surface area contributed by atoms with Crippen LogP contribution in [0.5, 0.6) is 0 Å². The lowest BCUT2D eigenvalue weighted by Gasteiger charge is -2.30. The molecule has 0 amide bonds. The van der Waals surface area contributed by atoms with Crippen LogP contribution in [0.2, 0.25) is 0 Å². The molecule has 0 saturated carbocycles. The highest BCUT2D eigenvalue weighted by molar-refractivity contribution is 5.49. The number of ether oxygens (including phenoxy) is 2. The zero-order valence-corrected chi connectivity index (χ0v) is 13.0. The molecular formula is C17H25NO2. The Morgan fingerprint density at radius 3 is 2.20 bits per heavy atom. The number of anilines is 1. The average Bonchev–Trinajstić information content (AvgIpc) is 2.97. The van der Waals surface area contributed by atoms with Crippen LogP contribution in [0.1, 0.15) is 52.4 Å². The summed E-state index contributed by atoms with van der Waals surface area (Å²) in [5, 5.41) is 0. The summed E-state index contributed by atoms with van der Waals surface area (Å²) in [6, 6.07) is 8.60. The van der Waals surface area contributed by atoms with Gasteiger partial charge in [-0.25, -0.2) is 0 Å². The second kappa shape index (κ2) is 4.74. The molecule has 2 fully saturated rings. The van der Waals surface area contributed by atoms with Gasteiger partial charge in [-0.05, 0) is 52.7 Å². The van der Waals surface area contributed by atoms with Crippen LogP contribution in [0.15, 0.2) is 24.3 Å². The van der Waals surface area contributed by atoms with E-state index in [0.717, 1.165) is 18.7 Å². The van der Waals surface area contributed by atoms with Crippen LogP contribution in [0.4, 0.5) is 5.69 Å². The Morgan fingerprint density at radius 1 is 1.00 bits per heavy atom. The third kappa shape index (κ3) is 2.33. The molecule has 3 heteroatoms. The first kappa shape index (κ1) is 13.9. The van der Waals surface area contributed by atoms with Crippen LogP contribution in [-0.2, 0) is 9.47 Å². The molecule has 2 aliphatic heterocycles. The molecule has 0 unspecified atom stereocenters. The topological polar surface area (TPSA) is 21.7 Å². The summed E-state index contributed by atoms with van der Waals surface area (Å²) in [5.41, 5.74) is 1.85. The molecule has 2 saturated heterocycles.